The van der Waals surface area contributed by atoms with E-state index >= 15 is 0 Å². The molecule has 3 fully saturated rings. The van der Waals surface area contributed by atoms with Gasteiger partial charge in [0.15, 0.2) is 5.60 Å². The minimum Gasteiger partial charge on any atom is -0.478 e. The zero-order chi connectivity index (χ0) is 35.5. The Morgan fingerprint density at radius 2 is 1.88 bits per heavy atom. The first-order valence-corrected chi connectivity index (χ1v) is 16.8. The molecule has 4 N–H and O–H groups in total. The van der Waals surface area contributed by atoms with Gasteiger partial charge in [-0.25, -0.2) is 9.59 Å². The molecular formula is C34H45N5O10. The summed E-state index contributed by atoms with van der Waals surface area (Å²) in [7, 11) is 0. The second-order valence-corrected chi connectivity index (χ2v) is 14.4. The zero-order valence-electron chi connectivity index (χ0n) is 28.3. The second kappa shape index (κ2) is 14.5. The number of hydrogen-bond donors (Lipinski definition) is 4. The van der Waals surface area contributed by atoms with Crippen molar-refractivity contribution in [3.63, 3.8) is 0 Å². The third-order valence-corrected chi connectivity index (χ3v) is 9.15. The summed E-state index contributed by atoms with van der Waals surface area (Å²) >= 11 is 0. The van der Waals surface area contributed by atoms with Gasteiger partial charge in [-0.3, -0.25) is 19.2 Å². The lowest BCUT2D eigenvalue weighted by Crippen LogP contribution is -2.59. The number of alkyl carbamates (subject to hydrolysis) is 1. The van der Waals surface area contributed by atoms with E-state index in [9.17, 15) is 33.9 Å². The van der Waals surface area contributed by atoms with Gasteiger partial charge < -0.3 is 40.3 Å². The summed E-state index contributed by atoms with van der Waals surface area (Å²) in [6.07, 6.45) is 1.73. The smallest absolute Gasteiger partial charge is 0.408 e. The van der Waals surface area contributed by atoms with Crippen molar-refractivity contribution >= 4 is 41.3 Å². The second-order valence-electron chi connectivity index (χ2n) is 14.4. The van der Waals surface area contributed by atoms with Crippen LogP contribution in [0.15, 0.2) is 29.4 Å². The Labute approximate surface area is 284 Å². The first-order valence-electron chi connectivity index (χ1n) is 16.8. The Kier molecular flexibility index (Phi) is 10.6. The van der Waals surface area contributed by atoms with Crippen LogP contribution in [0.25, 0.3) is 0 Å². The van der Waals surface area contributed by atoms with Gasteiger partial charge in [0.25, 0.3) is 5.91 Å². The van der Waals surface area contributed by atoms with Crippen molar-refractivity contribution in [2.75, 3.05) is 19.8 Å². The number of carboxylic acids is 1. The molecular weight excluding hydrogens is 638 g/mol. The molecule has 3 aliphatic heterocycles. The van der Waals surface area contributed by atoms with Crippen molar-refractivity contribution in [3.05, 3.63) is 35.4 Å². The first kappa shape index (κ1) is 35.8. The maximum Gasteiger partial charge on any atom is 0.408 e. The highest BCUT2D eigenvalue weighted by Crippen LogP contribution is 2.40. The lowest BCUT2D eigenvalue weighted by atomic mass is 9.85. The average molecular weight is 684 g/mol. The standard InChI is InChI=1S/C34H45N5O10/c1-5-7-23(26(40)29(42)35-21-10-11-21)36-28(41)25-16-34(15-24(38-49-34)19-8-6-9-20(14-19)31(44)45)18-39(25)30(43)27(33(2,3)4)37-32(46)48-22-12-13-47-17-22/h6,8-9,14,21-23,25,27H,5,7,10-13,15-18H2,1-4H3,(H,35,42)(H,36,41)(H,37,46)(H,44,45)/t22-,23-,25-,27+,34+/m0/s1. The van der Waals surface area contributed by atoms with Gasteiger partial charge in [0.05, 0.1) is 37.1 Å². The third-order valence-electron chi connectivity index (χ3n) is 9.15. The lowest BCUT2D eigenvalue weighted by Gasteiger charge is -2.35. The van der Waals surface area contributed by atoms with Gasteiger partial charge in [-0.1, -0.05) is 51.4 Å². The number of hydrogen-bond acceptors (Lipinski definition) is 10. The number of carbonyl (C=O) groups is 6. The molecule has 2 saturated heterocycles. The quantitative estimate of drug-likeness (QED) is 0.236. The number of carboxylic acid groups (broad SMARTS) is 1. The molecule has 5 rings (SSSR count). The van der Waals surface area contributed by atoms with Gasteiger partial charge in [0.1, 0.15) is 18.2 Å². The van der Waals surface area contributed by atoms with Crippen LogP contribution in [-0.2, 0) is 33.5 Å². The number of nitrogens with one attached hydrogen (secondary N) is 3. The first-order chi connectivity index (χ1) is 23.2. The number of ketones is 1. The van der Waals surface area contributed by atoms with Gasteiger partial charge in [-0.15, -0.1) is 0 Å². The molecule has 266 valence electrons. The fourth-order valence-corrected chi connectivity index (χ4v) is 6.31. The highest BCUT2D eigenvalue weighted by molar-refractivity contribution is 6.38. The van der Waals surface area contributed by atoms with Crippen LogP contribution in [0.2, 0.25) is 0 Å². The van der Waals surface area contributed by atoms with Crippen molar-refractivity contribution < 1.29 is 48.2 Å². The Morgan fingerprint density at radius 3 is 2.51 bits per heavy atom. The number of likely N-dealkylation sites (tertiary alicyclic amines) is 1. The number of Topliss-reactive ketones (excluding diaryl/α,β-unsaturated/α-hetero) is 1. The molecule has 1 saturated carbocycles. The molecule has 4 aliphatic rings. The molecule has 1 aliphatic carbocycles. The van der Waals surface area contributed by atoms with Gasteiger partial charge in [-0.05, 0) is 36.8 Å². The summed E-state index contributed by atoms with van der Waals surface area (Å²) in [5.74, 6) is -3.85. The SMILES string of the molecule is CCC[C@H](NC(=O)[C@@H]1C[C@]2(CC(c3cccc(C(=O)O)c3)=NO2)CN1C(=O)[C@@H](NC(=O)O[C@H]1CCOC1)C(C)(C)C)C(=O)C(=O)NC1CC1. The van der Waals surface area contributed by atoms with Crippen LogP contribution in [0, 0.1) is 5.41 Å². The Bertz CT molecular complexity index is 1510. The number of nitrogens with zero attached hydrogens (tertiary/aromatic N) is 2. The summed E-state index contributed by atoms with van der Waals surface area (Å²) in [4.78, 5) is 86.1. The van der Waals surface area contributed by atoms with Crippen LogP contribution >= 0.6 is 0 Å². The molecule has 0 bridgehead atoms. The molecule has 1 aromatic carbocycles. The van der Waals surface area contributed by atoms with Gasteiger partial charge >= 0.3 is 12.1 Å². The van der Waals surface area contributed by atoms with Crippen LogP contribution in [0.1, 0.15) is 88.6 Å². The number of rotatable bonds is 12. The number of benzene rings is 1. The molecule has 0 radical (unpaired) electrons. The summed E-state index contributed by atoms with van der Waals surface area (Å²) < 4.78 is 10.8. The molecule has 1 spiro atoms. The minimum atomic E-state index is -1.16. The summed E-state index contributed by atoms with van der Waals surface area (Å²) in [5.41, 5.74) is -0.958. The van der Waals surface area contributed by atoms with E-state index in [1.54, 1.807) is 32.9 Å². The van der Waals surface area contributed by atoms with Gasteiger partial charge in [0.2, 0.25) is 17.6 Å². The largest absolute Gasteiger partial charge is 0.478 e. The molecule has 49 heavy (non-hydrogen) atoms. The predicted molar refractivity (Wildman–Crippen MR) is 174 cm³/mol. The molecule has 1 aromatic rings. The molecule has 3 heterocycles. The normalized spacial score (nSPS) is 24.4. The van der Waals surface area contributed by atoms with Crippen molar-refractivity contribution in [1.29, 1.82) is 0 Å². The number of ether oxygens (including phenoxy) is 2. The Hall–Kier alpha value is -4.53. The van der Waals surface area contributed by atoms with Crippen molar-refractivity contribution in [3.8, 4) is 0 Å². The monoisotopic (exact) mass is 683 g/mol. The van der Waals surface area contributed by atoms with E-state index in [2.05, 4.69) is 21.1 Å². The van der Waals surface area contributed by atoms with E-state index in [-0.39, 0.29) is 44.0 Å². The highest BCUT2D eigenvalue weighted by Gasteiger charge is 2.56. The molecule has 0 unspecified atom stereocenters. The molecule has 5 atom stereocenters. The van der Waals surface area contributed by atoms with Crippen molar-refractivity contribution in [2.24, 2.45) is 10.6 Å². The van der Waals surface area contributed by atoms with E-state index in [0.29, 0.717) is 30.7 Å². The average Bonchev–Trinajstić information content (AvgIpc) is 3.39. The van der Waals surface area contributed by atoms with E-state index in [1.807, 2.05) is 6.92 Å². The van der Waals surface area contributed by atoms with Crippen molar-refractivity contribution in [1.82, 2.24) is 20.9 Å². The molecule has 15 heteroatoms. The van der Waals surface area contributed by atoms with Gasteiger partial charge in [0, 0.05) is 30.9 Å². The topological polar surface area (TPSA) is 202 Å². The number of aromatic carboxylic acids is 1. The lowest BCUT2D eigenvalue weighted by molar-refractivity contribution is -0.144. The van der Waals surface area contributed by atoms with Crippen LogP contribution in [-0.4, -0.2) is 107 Å². The van der Waals surface area contributed by atoms with E-state index in [4.69, 9.17) is 14.3 Å². The van der Waals surface area contributed by atoms with E-state index < -0.39 is 70.8 Å². The molecule has 4 amide bonds. The van der Waals surface area contributed by atoms with Crippen LogP contribution < -0.4 is 16.0 Å². The third kappa shape index (κ3) is 8.56. The fraction of sp³-hybridized carbons (Fsp3) is 0.618. The fourth-order valence-electron chi connectivity index (χ4n) is 6.31. The zero-order valence-corrected chi connectivity index (χ0v) is 28.3. The summed E-state index contributed by atoms with van der Waals surface area (Å²) in [6, 6.07) is 2.78. The van der Waals surface area contributed by atoms with Crippen molar-refractivity contribution in [2.45, 2.75) is 109 Å². The number of carbonyl (C=O) groups excluding carboxylic acids is 5. The van der Waals surface area contributed by atoms with E-state index in [0.717, 1.165) is 12.8 Å². The maximum atomic E-state index is 14.4. The number of oxime groups is 1. The summed E-state index contributed by atoms with van der Waals surface area (Å²) in [5, 5.41) is 21.8. The summed E-state index contributed by atoms with van der Waals surface area (Å²) in [6.45, 7) is 7.76. The molecule has 0 aromatic heterocycles. The number of amides is 4. The Balaban J connectivity index is 1.40. The van der Waals surface area contributed by atoms with E-state index in [1.165, 1.54) is 17.0 Å². The van der Waals surface area contributed by atoms with Crippen LogP contribution in [0.5, 0.6) is 0 Å². The maximum absolute atomic E-state index is 14.4. The minimum absolute atomic E-state index is 0.0157. The predicted octanol–water partition coefficient (Wildman–Crippen LogP) is 1.91. The van der Waals surface area contributed by atoms with Crippen LogP contribution in [0.3, 0.4) is 0 Å². The Morgan fingerprint density at radius 1 is 1.12 bits per heavy atom. The van der Waals surface area contributed by atoms with Gasteiger partial charge in [-0.2, -0.15) is 0 Å². The molecule has 15 nitrogen and oxygen atoms in total. The highest BCUT2D eigenvalue weighted by atomic mass is 16.7. The van der Waals surface area contributed by atoms with Crippen LogP contribution in [0.4, 0.5) is 4.79 Å².